The molecule has 1 aliphatic heterocycles. The van der Waals surface area contributed by atoms with Crippen molar-refractivity contribution in [3.05, 3.63) is 70.8 Å². The Hall–Kier alpha value is -3.04. The van der Waals surface area contributed by atoms with E-state index < -0.39 is 47.2 Å². The summed E-state index contributed by atoms with van der Waals surface area (Å²) in [5.74, 6) is -0.500. The number of Topliss-reactive ketones (excluding diaryl/α,β-unsaturated/α-hetero) is 1. The molecule has 1 saturated heterocycles. The number of unbranched alkanes of at least 4 members (excludes halogenated alkanes) is 1. The first-order valence-electron chi connectivity index (χ1n) is 11.7. The van der Waals surface area contributed by atoms with E-state index in [1.54, 1.807) is 30.3 Å². The van der Waals surface area contributed by atoms with Gasteiger partial charge in [-0.2, -0.15) is 26.3 Å². The van der Waals surface area contributed by atoms with Crippen molar-refractivity contribution in [1.29, 1.82) is 0 Å². The van der Waals surface area contributed by atoms with Crippen LogP contribution in [0.25, 0.3) is 0 Å². The van der Waals surface area contributed by atoms with Gasteiger partial charge in [-0.1, -0.05) is 43.7 Å². The minimum absolute atomic E-state index is 0.0452. The number of rotatable bonds is 7. The van der Waals surface area contributed by atoms with E-state index in [9.17, 15) is 35.9 Å². The smallest absolute Gasteiger partial charge is 0.416 e. The van der Waals surface area contributed by atoms with Crippen molar-refractivity contribution in [2.75, 3.05) is 19.7 Å². The first-order chi connectivity index (χ1) is 16.9. The van der Waals surface area contributed by atoms with Gasteiger partial charge in [-0.15, -0.1) is 0 Å². The van der Waals surface area contributed by atoms with Gasteiger partial charge >= 0.3 is 18.4 Å². The quantitative estimate of drug-likeness (QED) is 0.301. The number of alkyl halides is 6. The lowest BCUT2D eigenvalue weighted by atomic mass is 9.68. The number of piperidine rings is 1. The molecule has 10 heteroatoms. The predicted octanol–water partition coefficient (Wildman–Crippen LogP) is 6.81. The summed E-state index contributed by atoms with van der Waals surface area (Å²) in [6.45, 7) is 2.56. The summed E-state index contributed by atoms with van der Waals surface area (Å²) in [4.78, 5) is 27.4. The molecule has 0 spiro atoms. The van der Waals surface area contributed by atoms with E-state index in [4.69, 9.17) is 4.74 Å². The fourth-order valence-corrected chi connectivity index (χ4v) is 4.43. The van der Waals surface area contributed by atoms with Crippen molar-refractivity contribution in [3.8, 4) is 0 Å². The lowest BCUT2D eigenvalue weighted by Crippen LogP contribution is -2.49. The molecule has 1 aliphatic rings. The molecule has 0 atom stereocenters. The molecular weight excluding hydrogens is 488 g/mol. The van der Waals surface area contributed by atoms with Gasteiger partial charge in [-0.05, 0) is 48.6 Å². The van der Waals surface area contributed by atoms with Gasteiger partial charge in [0.1, 0.15) is 5.78 Å². The Labute approximate surface area is 205 Å². The van der Waals surface area contributed by atoms with Gasteiger partial charge < -0.3 is 9.64 Å². The van der Waals surface area contributed by atoms with Gasteiger partial charge in [-0.25, -0.2) is 4.79 Å². The van der Waals surface area contributed by atoms with Crippen LogP contribution in [0.1, 0.15) is 54.9 Å². The second-order valence-electron chi connectivity index (χ2n) is 8.92. The summed E-state index contributed by atoms with van der Waals surface area (Å²) in [7, 11) is 0. The molecule has 0 N–H and O–H groups in total. The highest BCUT2D eigenvalue weighted by atomic mass is 19.4. The molecule has 1 amide bonds. The zero-order valence-corrected chi connectivity index (χ0v) is 19.7. The molecule has 36 heavy (non-hydrogen) atoms. The first kappa shape index (κ1) is 27.5. The van der Waals surface area contributed by atoms with Crippen molar-refractivity contribution in [2.45, 2.75) is 56.8 Å². The molecule has 0 radical (unpaired) electrons. The largest absolute Gasteiger partial charge is 0.449 e. The summed E-state index contributed by atoms with van der Waals surface area (Å²) in [6.07, 6.45) is -9.21. The summed E-state index contributed by atoms with van der Waals surface area (Å²) >= 11 is 0. The van der Waals surface area contributed by atoms with Crippen LogP contribution in [-0.2, 0) is 33.7 Å². The second-order valence-corrected chi connectivity index (χ2v) is 8.92. The Morgan fingerprint density at radius 1 is 0.917 bits per heavy atom. The topological polar surface area (TPSA) is 46.6 Å². The maximum Gasteiger partial charge on any atom is 0.416 e. The molecule has 2 aromatic carbocycles. The second kappa shape index (κ2) is 10.9. The lowest BCUT2D eigenvalue weighted by Gasteiger charge is -2.41. The van der Waals surface area contributed by atoms with Crippen LogP contribution < -0.4 is 0 Å². The third-order valence-electron chi connectivity index (χ3n) is 6.47. The summed E-state index contributed by atoms with van der Waals surface area (Å²) < 4.78 is 85.0. The average Bonchev–Trinajstić information content (AvgIpc) is 2.83. The molecular formula is C26H27F6NO3. The number of hydrogen-bond donors (Lipinski definition) is 0. The van der Waals surface area contributed by atoms with Crippen molar-refractivity contribution in [3.63, 3.8) is 0 Å². The average molecular weight is 515 g/mol. The van der Waals surface area contributed by atoms with Crippen molar-refractivity contribution < 1.29 is 40.7 Å². The minimum Gasteiger partial charge on any atom is -0.449 e. The van der Waals surface area contributed by atoms with Crippen LogP contribution in [0, 0.1) is 0 Å². The fourth-order valence-electron chi connectivity index (χ4n) is 4.43. The molecule has 3 rings (SSSR count). The maximum absolute atomic E-state index is 13.6. The molecule has 1 fully saturated rings. The number of nitrogens with zero attached hydrogens (tertiary/aromatic N) is 1. The van der Waals surface area contributed by atoms with E-state index in [0.29, 0.717) is 24.1 Å². The maximum atomic E-state index is 13.6. The van der Waals surface area contributed by atoms with Gasteiger partial charge in [0.05, 0.1) is 23.1 Å². The Balaban J connectivity index is 1.89. The van der Waals surface area contributed by atoms with Gasteiger partial charge in [-0.3, -0.25) is 4.79 Å². The van der Waals surface area contributed by atoms with Crippen molar-refractivity contribution in [1.82, 2.24) is 4.90 Å². The van der Waals surface area contributed by atoms with E-state index in [1.807, 2.05) is 6.92 Å². The predicted molar refractivity (Wildman–Crippen MR) is 120 cm³/mol. The molecule has 0 aromatic heterocycles. The molecule has 0 aliphatic carbocycles. The zero-order chi connectivity index (χ0) is 26.6. The van der Waals surface area contributed by atoms with Gasteiger partial charge in [0, 0.05) is 19.5 Å². The normalized spacial score (nSPS) is 16.0. The zero-order valence-electron chi connectivity index (χ0n) is 19.7. The van der Waals surface area contributed by atoms with Crippen LogP contribution in [-0.4, -0.2) is 36.5 Å². The number of benzene rings is 2. The standard InChI is InChI=1S/C26H27F6NO3/c1-2-3-13-36-23(35)33-11-9-24(10-12-33,19-7-5-4-6-8-19)22(34)16-18-14-20(25(27,28)29)17-21(15-18)26(30,31)32/h4-8,14-15,17H,2-3,9-13,16H2,1H3. The number of carbonyl (C=O) groups excluding carboxylic acids is 2. The van der Waals surface area contributed by atoms with Gasteiger partial charge in [0.15, 0.2) is 0 Å². The monoisotopic (exact) mass is 515 g/mol. The van der Waals surface area contributed by atoms with Crippen LogP contribution in [0.5, 0.6) is 0 Å². The molecule has 196 valence electrons. The Bertz CT molecular complexity index is 1030. The van der Waals surface area contributed by atoms with Crippen molar-refractivity contribution in [2.24, 2.45) is 0 Å². The highest BCUT2D eigenvalue weighted by Gasteiger charge is 2.44. The summed E-state index contributed by atoms with van der Waals surface area (Å²) in [5.41, 5.74) is -3.83. The number of likely N-dealkylation sites (tertiary alicyclic amines) is 1. The third kappa shape index (κ3) is 6.39. The van der Waals surface area contributed by atoms with E-state index in [2.05, 4.69) is 0 Å². The lowest BCUT2D eigenvalue weighted by molar-refractivity contribution is -0.143. The summed E-state index contributed by atoms with van der Waals surface area (Å²) in [5, 5.41) is 0. The number of amides is 1. The minimum atomic E-state index is -5.00. The molecule has 4 nitrogen and oxygen atoms in total. The molecule has 1 heterocycles. The number of ketones is 1. The van der Waals surface area contributed by atoms with Crippen molar-refractivity contribution >= 4 is 11.9 Å². The van der Waals surface area contributed by atoms with E-state index in [-0.39, 0.29) is 44.2 Å². The highest BCUT2D eigenvalue weighted by molar-refractivity contribution is 5.92. The number of carbonyl (C=O) groups is 2. The molecule has 0 bridgehead atoms. The van der Waals surface area contributed by atoms with E-state index >= 15 is 0 Å². The van der Waals surface area contributed by atoms with E-state index in [1.165, 1.54) is 4.90 Å². The van der Waals surface area contributed by atoms with Crippen LogP contribution in [0.3, 0.4) is 0 Å². The number of hydrogen-bond acceptors (Lipinski definition) is 3. The van der Waals surface area contributed by atoms with E-state index in [0.717, 1.165) is 6.42 Å². The molecule has 2 aromatic rings. The van der Waals surface area contributed by atoms with Gasteiger partial charge in [0.2, 0.25) is 0 Å². The Kier molecular flexibility index (Phi) is 8.36. The third-order valence-corrected chi connectivity index (χ3v) is 6.47. The summed E-state index contributed by atoms with van der Waals surface area (Å²) in [6, 6.07) is 9.80. The van der Waals surface area contributed by atoms with Crippen LogP contribution >= 0.6 is 0 Å². The van der Waals surface area contributed by atoms with Gasteiger partial charge in [0.25, 0.3) is 0 Å². The highest BCUT2D eigenvalue weighted by Crippen LogP contribution is 2.40. The first-order valence-corrected chi connectivity index (χ1v) is 11.7. The van der Waals surface area contributed by atoms with Crippen LogP contribution in [0.15, 0.2) is 48.5 Å². The fraction of sp³-hybridized carbons (Fsp3) is 0.462. The SMILES string of the molecule is CCCCOC(=O)N1CCC(C(=O)Cc2cc(C(F)(F)F)cc(C(F)(F)F)c2)(c2ccccc2)CC1. The molecule has 0 unspecified atom stereocenters. The Morgan fingerprint density at radius 3 is 1.97 bits per heavy atom. The number of ether oxygens (including phenoxy) is 1. The van der Waals surface area contributed by atoms with Crippen LogP contribution in [0.4, 0.5) is 31.1 Å². The van der Waals surface area contributed by atoms with Crippen LogP contribution in [0.2, 0.25) is 0 Å². The molecule has 0 saturated carbocycles. The Morgan fingerprint density at radius 2 is 1.47 bits per heavy atom. The number of halogens is 6.